The molecule has 0 fully saturated rings. The molecule has 2 rings (SSSR count). The van der Waals surface area contributed by atoms with E-state index in [1.807, 2.05) is 0 Å². The average molecular weight is 216 g/mol. The Bertz CT molecular complexity index is 408. The summed E-state index contributed by atoms with van der Waals surface area (Å²) < 4.78 is 0. The van der Waals surface area contributed by atoms with Gasteiger partial charge < -0.3 is 0 Å². The Morgan fingerprint density at radius 3 is 2.60 bits per heavy atom. The first-order chi connectivity index (χ1) is 6.97. The van der Waals surface area contributed by atoms with Crippen LogP contribution >= 0.6 is 0 Å². The van der Waals surface area contributed by atoms with Crippen LogP contribution in [0.2, 0.25) is 25.7 Å². The molecule has 0 radical (unpaired) electrons. The summed E-state index contributed by atoms with van der Waals surface area (Å²) in [5.41, 5.74) is 6.14. The van der Waals surface area contributed by atoms with Gasteiger partial charge in [0.1, 0.15) is 0 Å². The van der Waals surface area contributed by atoms with Crippen molar-refractivity contribution < 1.29 is 0 Å². The topological polar surface area (TPSA) is 0 Å². The predicted octanol–water partition coefficient (Wildman–Crippen LogP) is 4.27. The first-order valence-corrected chi connectivity index (χ1v) is 9.46. The van der Waals surface area contributed by atoms with Gasteiger partial charge in [0, 0.05) is 8.07 Å². The Morgan fingerprint density at radius 2 is 1.93 bits per heavy atom. The number of hydrogen-bond donors (Lipinski definition) is 0. The van der Waals surface area contributed by atoms with E-state index in [1.54, 1.807) is 11.1 Å². The lowest BCUT2D eigenvalue weighted by Crippen LogP contribution is -2.19. The monoisotopic (exact) mass is 216 g/mol. The summed E-state index contributed by atoms with van der Waals surface area (Å²) in [6, 6.07) is 8.03. The van der Waals surface area contributed by atoms with Crippen LogP contribution in [0.15, 0.2) is 24.3 Å². The lowest BCUT2D eigenvalue weighted by atomic mass is 10.0. The second kappa shape index (κ2) is 3.64. The molecule has 0 saturated heterocycles. The Hall–Kier alpha value is -0.823. The molecule has 0 aliphatic heterocycles. The normalized spacial score (nSPS) is 15.1. The van der Waals surface area contributed by atoms with Crippen molar-refractivity contribution in [1.82, 2.24) is 0 Å². The second-order valence-electron chi connectivity index (χ2n) is 5.77. The van der Waals surface area contributed by atoms with Gasteiger partial charge in [0.25, 0.3) is 0 Å². The van der Waals surface area contributed by atoms with E-state index in [0.717, 1.165) is 6.42 Å². The molecule has 1 aromatic carbocycles. The van der Waals surface area contributed by atoms with E-state index in [-0.39, 0.29) is 0 Å². The number of allylic oxidation sites excluding steroid dienone is 2. The van der Waals surface area contributed by atoms with Crippen molar-refractivity contribution in [2.24, 2.45) is 0 Å². The van der Waals surface area contributed by atoms with Gasteiger partial charge in [-0.15, -0.1) is 0 Å². The highest BCUT2D eigenvalue weighted by atomic mass is 28.3. The summed E-state index contributed by atoms with van der Waals surface area (Å²) in [6.45, 7) is 9.56. The van der Waals surface area contributed by atoms with Gasteiger partial charge in [-0.2, -0.15) is 0 Å². The highest BCUT2D eigenvalue weighted by molar-refractivity contribution is 6.77. The van der Waals surface area contributed by atoms with Gasteiger partial charge >= 0.3 is 0 Å². The smallest absolute Gasteiger partial charge is 0.0487 e. The molecule has 0 aromatic heterocycles. The zero-order valence-electron chi connectivity index (χ0n) is 10.2. The standard InChI is InChI=1S/C14H20Si/c1-11-6-5-7-14-12(8-9-13(11)14)10-15(2,3)4/h5-8H,9-10H2,1-4H3. The van der Waals surface area contributed by atoms with E-state index in [4.69, 9.17) is 0 Å². The van der Waals surface area contributed by atoms with Crippen LogP contribution in [0.25, 0.3) is 5.57 Å². The van der Waals surface area contributed by atoms with E-state index < -0.39 is 8.07 Å². The molecule has 80 valence electrons. The molecular formula is C14H20Si. The average Bonchev–Trinajstić information content (AvgIpc) is 2.48. The molecule has 1 aromatic rings. The summed E-state index contributed by atoms with van der Waals surface area (Å²) in [7, 11) is -0.976. The third-order valence-corrected chi connectivity index (χ3v) is 4.47. The number of benzene rings is 1. The van der Waals surface area contributed by atoms with E-state index in [0.29, 0.717) is 0 Å². The number of rotatable bonds is 2. The SMILES string of the molecule is Cc1cccc2c1CC=C2C[Si](C)(C)C. The Kier molecular flexibility index (Phi) is 2.59. The third kappa shape index (κ3) is 2.23. The summed E-state index contributed by atoms with van der Waals surface area (Å²) in [6.07, 6.45) is 3.59. The van der Waals surface area contributed by atoms with E-state index >= 15 is 0 Å². The molecule has 0 unspecified atom stereocenters. The predicted molar refractivity (Wildman–Crippen MR) is 71.0 cm³/mol. The van der Waals surface area contributed by atoms with Crippen LogP contribution in [0.4, 0.5) is 0 Å². The maximum Gasteiger partial charge on any atom is 0.0487 e. The van der Waals surface area contributed by atoms with Crippen molar-refractivity contribution in [2.45, 2.75) is 39.0 Å². The zero-order chi connectivity index (χ0) is 11.1. The molecule has 0 saturated carbocycles. The van der Waals surface area contributed by atoms with Crippen LogP contribution in [0, 0.1) is 6.92 Å². The molecule has 15 heavy (non-hydrogen) atoms. The van der Waals surface area contributed by atoms with Gasteiger partial charge in [-0.1, -0.05) is 43.9 Å². The Labute approximate surface area is 94.0 Å². The zero-order valence-corrected chi connectivity index (χ0v) is 11.2. The highest BCUT2D eigenvalue weighted by Crippen LogP contribution is 2.34. The van der Waals surface area contributed by atoms with Crippen molar-refractivity contribution in [3.63, 3.8) is 0 Å². The summed E-state index contributed by atoms with van der Waals surface area (Å²) in [5, 5.41) is 0. The minimum Gasteiger partial charge on any atom is -0.0766 e. The quantitative estimate of drug-likeness (QED) is 0.648. The van der Waals surface area contributed by atoms with Crippen LogP contribution < -0.4 is 0 Å². The van der Waals surface area contributed by atoms with Crippen molar-refractivity contribution in [3.05, 3.63) is 41.0 Å². The fourth-order valence-electron chi connectivity index (χ4n) is 2.35. The lowest BCUT2D eigenvalue weighted by Gasteiger charge is -2.17. The molecule has 0 atom stereocenters. The van der Waals surface area contributed by atoms with Gasteiger partial charge in [-0.25, -0.2) is 0 Å². The fourth-order valence-corrected chi connectivity index (χ4v) is 3.83. The molecular weight excluding hydrogens is 196 g/mol. The Morgan fingerprint density at radius 1 is 1.20 bits per heavy atom. The third-order valence-electron chi connectivity index (χ3n) is 3.03. The molecule has 1 heteroatoms. The van der Waals surface area contributed by atoms with Gasteiger partial charge in [0.05, 0.1) is 0 Å². The maximum atomic E-state index is 2.45. The Balaban J connectivity index is 2.32. The summed E-state index contributed by atoms with van der Waals surface area (Å²) >= 11 is 0. The molecule has 1 aliphatic rings. The molecule has 1 aliphatic carbocycles. The van der Waals surface area contributed by atoms with Gasteiger partial charge in [-0.05, 0) is 41.7 Å². The van der Waals surface area contributed by atoms with Crippen LogP contribution in [0.3, 0.4) is 0 Å². The van der Waals surface area contributed by atoms with Crippen LogP contribution in [0.1, 0.15) is 16.7 Å². The van der Waals surface area contributed by atoms with Gasteiger partial charge in [0.15, 0.2) is 0 Å². The largest absolute Gasteiger partial charge is 0.0766 e. The molecule has 0 amide bonds. The first-order valence-electron chi connectivity index (χ1n) is 5.75. The van der Waals surface area contributed by atoms with Gasteiger partial charge in [-0.3, -0.25) is 0 Å². The highest BCUT2D eigenvalue weighted by Gasteiger charge is 2.21. The van der Waals surface area contributed by atoms with Crippen molar-refractivity contribution >= 4 is 13.6 Å². The maximum absolute atomic E-state index is 2.45. The number of aryl methyl sites for hydroxylation is 1. The van der Waals surface area contributed by atoms with Crippen LogP contribution in [-0.2, 0) is 6.42 Å². The van der Waals surface area contributed by atoms with Crippen molar-refractivity contribution in [3.8, 4) is 0 Å². The number of fused-ring (bicyclic) bond motifs is 1. The first kappa shape index (κ1) is 10.7. The second-order valence-corrected chi connectivity index (χ2v) is 11.2. The molecule has 0 heterocycles. The molecule has 0 bridgehead atoms. The number of hydrogen-bond acceptors (Lipinski definition) is 0. The van der Waals surface area contributed by atoms with Crippen LogP contribution in [-0.4, -0.2) is 8.07 Å². The molecule has 0 nitrogen and oxygen atoms in total. The van der Waals surface area contributed by atoms with Crippen LogP contribution in [0.5, 0.6) is 0 Å². The van der Waals surface area contributed by atoms with E-state index in [2.05, 4.69) is 50.8 Å². The summed E-state index contributed by atoms with van der Waals surface area (Å²) in [4.78, 5) is 0. The lowest BCUT2D eigenvalue weighted by molar-refractivity contribution is 1.24. The minimum atomic E-state index is -0.976. The summed E-state index contributed by atoms with van der Waals surface area (Å²) in [5.74, 6) is 0. The fraction of sp³-hybridized carbons (Fsp3) is 0.429. The van der Waals surface area contributed by atoms with E-state index in [1.165, 1.54) is 17.2 Å². The van der Waals surface area contributed by atoms with E-state index in [9.17, 15) is 0 Å². The minimum absolute atomic E-state index is 0.976. The molecule has 0 N–H and O–H groups in total. The van der Waals surface area contributed by atoms with Gasteiger partial charge in [0.2, 0.25) is 0 Å². The molecule has 0 spiro atoms. The van der Waals surface area contributed by atoms with Crippen molar-refractivity contribution in [2.75, 3.05) is 0 Å². The van der Waals surface area contributed by atoms with Crippen molar-refractivity contribution in [1.29, 1.82) is 0 Å².